The number of anilines is 2. The predicted molar refractivity (Wildman–Crippen MR) is 111 cm³/mol. The second-order valence-electron chi connectivity index (χ2n) is 6.66. The molecular formula is C22H21FN2O2S. The topological polar surface area (TPSA) is 41.6 Å². The molecule has 2 aromatic carbocycles. The van der Waals surface area contributed by atoms with Crippen molar-refractivity contribution in [2.45, 2.75) is 19.4 Å². The summed E-state index contributed by atoms with van der Waals surface area (Å²) in [5, 5.41) is 5.14. The van der Waals surface area contributed by atoms with Crippen LogP contribution in [0.5, 0.6) is 5.75 Å². The van der Waals surface area contributed by atoms with Crippen molar-refractivity contribution in [2.24, 2.45) is 0 Å². The summed E-state index contributed by atoms with van der Waals surface area (Å²) < 4.78 is 18.4. The molecule has 2 heterocycles. The van der Waals surface area contributed by atoms with Crippen LogP contribution in [0.3, 0.4) is 0 Å². The first-order valence-corrected chi connectivity index (χ1v) is 10.1. The molecule has 0 spiro atoms. The fraction of sp³-hybridized carbons (Fsp3) is 0.227. The van der Waals surface area contributed by atoms with Crippen LogP contribution in [0.2, 0.25) is 0 Å². The lowest BCUT2D eigenvalue weighted by Gasteiger charge is -2.30. The number of rotatable bonds is 6. The highest BCUT2D eigenvalue weighted by Crippen LogP contribution is 2.32. The number of fused-ring (bicyclic) bond motifs is 1. The lowest BCUT2D eigenvalue weighted by molar-refractivity contribution is -0.116. The highest BCUT2D eigenvalue weighted by Gasteiger charge is 2.20. The molecule has 4 rings (SSSR count). The summed E-state index contributed by atoms with van der Waals surface area (Å²) in [4.78, 5) is 16.1. The van der Waals surface area contributed by atoms with Gasteiger partial charge in [0.15, 0.2) is 0 Å². The number of halogens is 1. The summed E-state index contributed by atoms with van der Waals surface area (Å²) in [6.07, 6.45) is 1.25. The number of hydrogen-bond donors (Lipinski definition) is 1. The van der Waals surface area contributed by atoms with E-state index in [1.165, 1.54) is 22.6 Å². The van der Waals surface area contributed by atoms with Crippen LogP contribution < -0.4 is 15.0 Å². The van der Waals surface area contributed by atoms with E-state index in [0.717, 1.165) is 30.9 Å². The summed E-state index contributed by atoms with van der Waals surface area (Å²) in [6, 6.07) is 15.8. The molecule has 0 fully saturated rings. The maximum atomic E-state index is 12.9. The molecule has 0 saturated carbocycles. The van der Waals surface area contributed by atoms with Gasteiger partial charge in [-0.3, -0.25) is 4.79 Å². The lowest BCUT2D eigenvalue weighted by atomic mass is 10.1. The van der Waals surface area contributed by atoms with Crippen LogP contribution in [-0.2, 0) is 17.8 Å². The van der Waals surface area contributed by atoms with E-state index >= 15 is 0 Å². The minimum absolute atomic E-state index is 0.109. The van der Waals surface area contributed by atoms with Crippen molar-refractivity contribution >= 4 is 28.6 Å². The number of hydrogen-bond acceptors (Lipinski definition) is 4. The molecular weight excluding hydrogens is 375 g/mol. The summed E-state index contributed by atoms with van der Waals surface area (Å²) in [5.74, 6) is 0.131. The Bertz CT molecular complexity index is 955. The van der Waals surface area contributed by atoms with Crippen LogP contribution in [0, 0.1) is 5.82 Å². The maximum absolute atomic E-state index is 12.9. The van der Waals surface area contributed by atoms with E-state index in [9.17, 15) is 9.18 Å². The van der Waals surface area contributed by atoms with Crippen LogP contribution in [0.4, 0.5) is 15.8 Å². The van der Waals surface area contributed by atoms with Crippen molar-refractivity contribution in [2.75, 3.05) is 23.4 Å². The molecule has 1 amide bonds. The minimum Gasteiger partial charge on any atom is -0.493 e. The predicted octanol–water partition coefficient (Wildman–Crippen LogP) is 4.86. The number of ether oxygens (including phenoxy) is 1. The van der Waals surface area contributed by atoms with Gasteiger partial charge in [-0.25, -0.2) is 4.39 Å². The van der Waals surface area contributed by atoms with Gasteiger partial charge in [-0.2, -0.15) is 0 Å². The first-order valence-electron chi connectivity index (χ1n) is 9.26. The molecule has 0 radical (unpaired) electrons. The van der Waals surface area contributed by atoms with Gasteiger partial charge in [-0.05, 0) is 59.8 Å². The zero-order valence-corrected chi connectivity index (χ0v) is 16.2. The largest absolute Gasteiger partial charge is 0.493 e. The minimum atomic E-state index is -0.311. The SMILES string of the molecule is O=C(CCOc1ccc(F)cc1)Nc1ccccc1N1CCc2sccc2C1. The van der Waals surface area contributed by atoms with Crippen molar-refractivity contribution in [1.29, 1.82) is 0 Å². The third kappa shape index (κ3) is 4.34. The number of para-hydroxylation sites is 2. The Morgan fingerprint density at radius 1 is 1.14 bits per heavy atom. The molecule has 1 aliphatic rings. The first-order chi connectivity index (χ1) is 13.7. The fourth-order valence-electron chi connectivity index (χ4n) is 3.31. The van der Waals surface area contributed by atoms with Gasteiger partial charge in [-0.1, -0.05) is 12.1 Å². The normalized spacial score (nSPS) is 13.1. The van der Waals surface area contributed by atoms with Crippen molar-refractivity contribution in [1.82, 2.24) is 0 Å². The molecule has 0 atom stereocenters. The second-order valence-corrected chi connectivity index (χ2v) is 7.66. The Morgan fingerprint density at radius 3 is 2.82 bits per heavy atom. The zero-order chi connectivity index (χ0) is 19.3. The van der Waals surface area contributed by atoms with Gasteiger partial charge >= 0.3 is 0 Å². The molecule has 6 heteroatoms. The Hall–Kier alpha value is -2.86. The van der Waals surface area contributed by atoms with Crippen LogP contribution >= 0.6 is 11.3 Å². The maximum Gasteiger partial charge on any atom is 0.227 e. The van der Waals surface area contributed by atoms with Gasteiger partial charge < -0.3 is 15.0 Å². The van der Waals surface area contributed by atoms with Gasteiger partial charge in [0, 0.05) is 18.0 Å². The van der Waals surface area contributed by atoms with Gasteiger partial charge in [0.1, 0.15) is 11.6 Å². The number of benzene rings is 2. The van der Waals surface area contributed by atoms with Gasteiger partial charge in [0.2, 0.25) is 5.91 Å². The number of amides is 1. The van der Waals surface area contributed by atoms with Crippen LogP contribution in [0.25, 0.3) is 0 Å². The highest BCUT2D eigenvalue weighted by molar-refractivity contribution is 7.10. The highest BCUT2D eigenvalue weighted by atomic mass is 32.1. The van der Waals surface area contributed by atoms with Gasteiger partial charge in [-0.15, -0.1) is 11.3 Å². The second kappa shape index (κ2) is 8.44. The molecule has 0 aliphatic carbocycles. The number of carbonyl (C=O) groups is 1. The van der Waals surface area contributed by atoms with Crippen molar-refractivity contribution in [3.8, 4) is 5.75 Å². The molecule has 1 aromatic heterocycles. The first kappa shape index (κ1) is 18.5. The number of carbonyl (C=O) groups excluding carboxylic acids is 1. The molecule has 0 unspecified atom stereocenters. The summed E-state index contributed by atoms with van der Waals surface area (Å²) in [6.45, 7) is 2.04. The fourth-order valence-corrected chi connectivity index (χ4v) is 4.20. The van der Waals surface area contributed by atoms with Crippen LogP contribution in [0.1, 0.15) is 16.9 Å². The number of nitrogens with one attached hydrogen (secondary N) is 1. The van der Waals surface area contributed by atoms with Gasteiger partial charge in [0.25, 0.3) is 0 Å². The molecule has 28 heavy (non-hydrogen) atoms. The molecule has 0 bridgehead atoms. The van der Waals surface area contributed by atoms with E-state index < -0.39 is 0 Å². The molecule has 3 aromatic rings. The Kier molecular flexibility index (Phi) is 5.58. The summed E-state index contributed by atoms with van der Waals surface area (Å²) in [7, 11) is 0. The van der Waals surface area contributed by atoms with E-state index in [4.69, 9.17) is 4.74 Å². The standard InChI is InChI=1S/C22H21FN2O2S/c23-17-5-7-18(8-6-17)27-13-10-22(26)24-19-3-1-2-4-20(19)25-12-9-21-16(15-25)11-14-28-21/h1-8,11,14H,9-10,12-13,15H2,(H,24,26). The summed E-state index contributed by atoms with van der Waals surface area (Å²) >= 11 is 1.81. The van der Waals surface area contributed by atoms with E-state index in [2.05, 4.69) is 21.7 Å². The quantitative estimate of drug-likeness (QED) is 0.647. The van der Waals surface area contributed by atoms with Crippen LogP contribution in [-0.4, -0.2) is 19.1 Å². The number of thiophene rings is 1. The molecule has 0 saturated heterocycles. The average molecular weight is 396 g/mol. The van der Waals surface area contributed by atoms with Crippen molar-refractivity contribution < 1.29 is 13.9 Å². The third-order valence-electron chi connectivity index (χ3n) is 4.74. The van der Waals surface area contributed by atoms with E-state index in [1.807, 2.05) is 35.6 Å². The molecule has 1 aliphatic heterocycles. The van der Waals surface area contributed by atoms with Crippen molar-refractivity contribution in [3.63, 3.8) is 0 Å². The van der Waals surface area contributed by atoms with Crippen LogP contribution in [0.15, 0.2) is 60.0 Å². The number of nitrogens with zero attached hydrogens (tertiary/aromatic N) is 1. The summed E-state index contributed by atoms with van der Waals surface area (Å²) in [5.41, 5.74) is 3.21. The Morgan fingerprint density at radius 2 is 1.96 bits per heavy atom. The molecule has 144 valence electrons. The van der Waals surface area contributed by atoms with E-state index in [1.54, 1.807) is 12.1 Å². The third-order valence-corrected chi connectivity index (χ3v) is 5.76. The Labute approximate surface area is 167 Å². The monoisotopic (exact) mass is 396 g/mol. The smallest absolute Gasteiger partial charge is 0.227 e. The average Bonchev–Trinajstić information content (AvgIpc) is 3.18. The molecule has 4 nitrogen and oxygen atoms in total. The van der Waals surface area contributed by atoms with Crippen molar-refractivity contribution in [3.05, 3.63) is 76.2 Å². The van der Waals surface area contributed by atoms with E-state index in [0.29, 0.717) is 5.75 Å². The van der Waals surface area contributed by atoms with E-state index in [-0.39, 0.29) is 24.8 Å². The van der Waals surface area contributed by atoms with Gasteiger partial charge in [0.05, 0.1) is 24.4 Å². The molecule has 1 N–H and O–H groups in total. The Balaban J connectivity index is 1.36. The lowest BCUT2D eigenvalue weighted by Crippen LogP contribution is -2.30. The zero-order valence-electron chi connectivity index (χ0n) is 15.4.